The largest absolute Gasteiger partial charge is 0.496 e. The molecule has 0 fully saturated rings. The lowest BCUT2D eigenvalue weighted by Gasteiger charge is -2.07. The van der Waals surface area contributed by atoms with E-state index in [0.29, 0.717) is 11.3 Å². The fourth-order valence-corrected chi connectivity index (χ4v) is 1.24. The van der Waals surface area contributed by atoms with Gasteiger partial charge in [0, 0.05) is 7.11 Å². The number of hydrogen-bond donors (Lipinski definition) is 0. The fraction of sp³-hybridized carbons (Fsp3) is 0.364. The highest BCUT2D eigenvalue weighted by Gasteiger charge is 2.11. The number of rotatable bonds is 4. The van der Waals surface area contributed by atoms with E-state index in [9.17, 15) is 4.79 Å². The van der Waals surface area contributed by atoms with Crippen molar-refractivity contribution in [1.82, 2.24) is 0 Å². The molecule has 0 N–H and O–H groups in total. The van der Waals surface area contributed by atoms with Crippen LogP contribution >= 0.6 is 0 Å². The summed E-state index contributed by atoms with van der Waals surface area (Å²) in [6.07, 6.45) is 0. The molecule has 1 rings (SSSR count). The molecule has 0 heterocycles. The molecule has 0 atom stereocenters. The summed E-state index contributed by atoms with van der Waals surface area (Å²) in [6.45, 7) is 2.03. The third-order valence-corrected chi connectivity index (χ3v) is 1.93. The van der Waals surface area contributed by atoms with E-state index in [1.807, 2.05) is 19.1 Å². The first-order valence-electron chi connectivity index (χ1n) is 4.36. The van der Waals surface area contributed by atoms with Crippen LogP contribution in [-0.2, 0) is 4.74 Å². The number of hydrogen-bond acceptors (Lipinski definition) is 3. The van der Waals surface area contributed by atoms with Crippen molar-refractivity contribution in [3.8, 4) is 5.75 Å². The Bertz CT molecular complexity index is 331. The van der Waals surface area contributed by atoms with E-state index in [-0.39, 0.29) is 12.4 Å². The van der Waals surface area contributed by atoms with Crippen molar-refractivity contribution in [2.75, 3.05) is 20.8 Å². The molecular formula is C11H14O3. The standard InChI is InChI=1S/C11H14O3/c1-8-4-5-9(10(12)7-13-2)11(6-8)14-3/h4-6H,7H2,1-3H3. The minimum absolute atomic E-state index is 0.0654. The Morgan fingerprint density at radius 3 is 2.64 bits per heavy atom. The number of benzene rings is 1. The predicted octanol–water partition coefficient (Wildman–Crippen LogP) is 1.83. The molecule has 0 spiro atoms. The van der Waals surface area contributed by atoms with Gasteiger partial charge in [-0.3, -0.25) is 4.79 Å². The minimum atomic E-state index is -0.0654. The zero-order chi connectivity index (χ0) is 10.6. The Morgan fingerprint density at radius 2 is 2.07 bits per heavy atom. The molecule has 0 aliphatic heterocycles. The normalized spacial score (nSPS) is 9.93. The molecule has 0 aliphatic rings. The number of Topliss-reactive ketones (excluding diaryl/α,β-unsaturated/α-hetero) is 1. The number of carbonyl (C=O) groups excluding carboxylic acids is 1. The third kappa shape index (κ3) is 2.33. The first-order valence-corrected chi connectivity index (χ1v) is 4.36. The predicted molar refractivity (Wildman–Crippen MR) is 53.9 cm³/mol. The van der Waals surface area contributed by atoms with E-state index in [1.54, 1.807) is 13.2 Å². The maximum Gasteiger partial charge on any atom is 0.192 e. The van der Waals surface area contributed by atoms with Crippen molar-refractivity contribution in [3.63, 3.8) is 0 Å². The van der Waals surface area contributed by atoms with Crippen LogP contribution in [0.5, 0.6) is 5.75 Å². The Hall–Kier alpha value is -1.35. The van der Waals surface area contributed by atoms with Crippen LogP contribution in [0.2, 0.25) is 0 Å². The van der Waals surface area contributed by atoms with Crippen LogP contribution in [0.1, 0.15) is 15.9 Å². The van der Waals surface area contributed by atoms with Gasteiger partial charge in [0.25, 0.3) is 0 Å². The van der Waals surface area contributed by atoms with Crippen LogP contribution in [0.15, 0.2) is 18.2 Å². The van der Waals surface area contributed by atoms with Gasteiger partial charge in [0.15, 0.2) is 5.78 Å². The molecule has 0 saturated heterocycles. The Kier molecular flexibility index (Phi) is 3.65. The number of carbonyl (C=O) groups is 1. The molecule has 0 saturated carbocycles. The number of methoxy groups -OCH3 is 2. The van der Waals surface area contributed by atoms with Crippen LogP contribution in [0.3, 0.4) is 0 Å². The van der Waals surface area contributed by atoms with E-state index in [1.165, 1.54) is 7.11 Å². The van der Waals surface area contributed by atoms with Gasteiger partial charge >= 0.3 is 0 Å². The molecule has 0 bridgehead atoms. The van der Waals surface area contributed by atoms with Crippen molar-refractivity contribution < 1.29 is 14.3 Å². The summed E-state index contributed by atoms with van der Waals surface area (Å²) in [7, 11) is 3.05. The van der Waals surface area contributed by atoms with E-state index in [4.69, 9.17) is 9.47 Å². The Labute approximate surface area is 83.6 Å². The van der Waals surface area contributed by atoms with E-state index in [2.05, 4.69) is 0 Å². The molecule has 14 heavy (non-hydrogen) atoms. The number of aryl methyl sites for hydroxylation is 1. The number of ketones is 1. The fourth-order valence-electron chi connectivity index (χ4n) is 1.24. The SMILES string of the molecule is COCC(=O)c1ccc(C)cc1OC. The van der Waals surface area contributed by atoms with Crippen LogP contribution in [0.4, 0.5) is 0 Å². The van der Waals surface area contributed by atoms with Crippen molar-refractivity contribution in [1.29, 1.82) is 0 Å². The minimum Gasteiger partial charge on any atom is -0.496 e. The Morgan fingerprint density at radius 1 is 1.36 bits per heavy atom. The quantitative estimate of drug-likeness (QED) is 0.686. The van der Waals surface area contributed by atoms with Gasteiger partial charge in [0.05, 0.1) is 12.7 Å². The van der Waals surface area contributed by atoms with Gasteiger partial charge in [-0.1, -0.05) is 6.07 Å². The lowest BCUT2D eigenvalue weighted by Crippen LogP contribution is -2.08. The zero-order valence-corrected chi connectivity index (χ0v) is 8.66. The highest BCUT2D eigenvalue weighted by molar-refractivity contribution is 5.99. The van der Waals surface area contributed by atoms with E-state index < -0.39 is 0 Å². The second kappa shape index (κ2) is 4.77. The van der Waals surface area contributed by atoms with Crippen molar-refractivity contribution in [2.45, 2.75) is 6.92 Å². The highest BCUT2D eigenvalue weighted by Crippen LogP contribution is 2.20. The van der Waals surface area contributed by atoms with Crippen molar-refractivity contribution in [2.24, 2.45) is 0 Å². The molecule has 1 aromatic rings. The summed E-state index contributed by atoms with van der Waals surface area (Å²) in [5.41, 5.74) is 1.63. The van der Waals surface area contributed by atoms with E-state index >= 15 is 0 Å². The second-order valence-corrected chi connectivity index (χ2v) is 3.06. The van der Waals surface area contributed by atoms with Gasteiger partial charge in [-0.2, -0.15) is 0 Å². The smallest absolute Gasteiger partial charge is 0.192 e. The van der Waals surface area contributed by atoms with Crippen molar-refractivity contribution in [3.05, 3.63) is 29.3 Å². The molecule has 0 aromatic heterocycles. The van der Waals surface area contributed by atoms with Gasteiger partial charge < -0.3 is 9.47 Å². The number of ether oxygens (including phenoxy) is 2. The van der Waals surface area contributed by atoms with Crippen LogP contribution in [0.25, 0.3) is 0 Å². The van der Waals surface area contributed by atoms with Gasteiger partial charge in [-0.25, -0.2) is 0 Å². The summed E-state index contributed by atoms with van der Waals surface area (Å²) in [4.78, 5) is 11.5. The summed E-state index contributed by atoms with van der Waals surface area (Å²) in [5, 5.41) is 0. The second-order valence-electron chi connectivity index (χ2n) is 3.06. The summed E-state index contributed by atoms with van der Waals surface area (Å²) < 4.78 is 9.90. The van der Waals surface area contributed by atoms with Crippen LogP contribution in [0, 0.1) is 6.92 Å². The maximum atomic E-state index is 11.5. The lowest BCUT2D eigenvalue weighted by atomic mass is 10.1. The van der Waals surface area contributed by atoms with Gasteiger partial charge in [-0.05, 0) is 24.6 Å². The monoisotopic (exact) mass is 194 g/mol. The van der Waals surface area contributed by atoms with Gasteiger partial charge in [0.1, 0.15) is 12.4 Å². The van der Waals surface area contributed by atoms with E-state index in [0.717, 1.165) is 5.56 Å². The van der Waals surface area contributed by atoms with Crippen LogP contribution in [-0.4, -0.2) is 26.6 Å². The summed E-state index contributed by atoms with van der Waals surface area (Å²) in [5.74, 6) is 0.538. The molecule has 0 aliphatic carbocycles. The molecule has 0 amide bonds. The average Bonchev–Trinajstić information content (AvgIpc) is 2.17. The lowest BCUT2D eigenvalue weighted by molar-refractivity contribution is 0.0845. The molecule has 0 unspecified atom stereocenters. The molecule has 3 nitrogen and oxygen atoms in total. The maximum absolute atomic E-state index is 11.5. The first kappa shape index (κ1) is 10.7. The van der Waals surface area contributed by atoms with Crippen molar-refractivity contribution >= 4 is 5.78 Å². The first-order chi connectivity index (χ1) is 6.69. The molecular weight excluding hydrogens is 180 g/mol. The average molecular weight is 194 g/mol. The molecule has 1 aromatic carbocycles. The van der Waals surface area contributed by atoms with Gasteiger partial charge in [0.2, 0.25) is 0 Å². The zero-order valence-electron chi connectivity index (χ0n) is 8.66. The summed E-state index contributed by atoms with van der Waals surface area (Å²) >= 11 is 0. The molecule has 76 valence electrons. The van der Waals surface area contributed by atoms with Gasteiger partial charge in [-0.15, -0.1) is 0 Å². The Balaban J connectivity index is 3.01. The molecule has 0 radical (unpaired) electrons. The highest BCUT2D eigenvalue weighted by atomic mass is 16.5. The topological polar surface area (TPSA) is 35.5 Å². The molecule has 3 heteroatoms. The third-order valence-electron chi connectivity index (χ3n) is 1.93. The summed E-state index contributed by atoms with van der Waals surface area (Å²) in [6, 6.07) is 5.48. The van der Waals surface area contributed by atoms with Crippen LogP contribution < -0.4 is 4.74 Å².